The third kappa shape index (κ3) is 5.14. The van der Waals surface area contributed by atoms with E-state index in [1.165, 1.54) is 11.1 Å². The van der Waals surface area contributed by atoms with Gasteiger partial charge >= 0.3 is 0 Å². The Morgan fingerprint density at radius 1 is 0.667 bits per heavy atom. The average molecular weight is 479 g/mol. The minimum atomic E-state index is 0.631. The highest BCUT2D eigenvalue weighted by atomic mass is 16.5. The van der Waals surface area contributed by atoms with E-state index in [-0.39, 0.29) is 0 Å². The van der Waals surface area contributed by atoms with Crippen molar-refractivity contribution in [3.63, 3.8) is 0 Å². The summed E-state index contributed by atoms with van der Waals surface area (Å²) in [5, 5.41) is 2.20. The number of aromatic nitrogens is 3. The number of methoxy groups -OCH3 is 2. The number of nitrogens with zero attached hydrogens (tertiary/aromatic N) is 4. The van der Waals surface area contributed by atoms with Crippen LogP contribution in [0.25, 0.3) is 21.8 Å². The van der Waals surface area contributed by atoms with E-state index in [1.54, 1.807) is 14.2 Å². The molecule has 0 unspecified atom stereocenters. The van der Waals surface area contributed by atoms with Gasteiger partial charge in [-0.05, 0) is 62.4 Å². The van der Waals surface area contributed by atoms with Gasteiger partial charge in [0.15, 0.2) is 0 Å². The molecule has 6 heteroatoms. The predicted molar refractivity (Wildman–Crippen MR) is 143 cm³/mol. The lowest BCUT2D eigenvalue weighted by Crippen LogP contribution is -2.24. The molecule has 5 rings (SSSR count). The van der Waals surface area contributed by atoms with E-state index in [9.17, 15) is 0 Å². The smallest absolute Gasteiger partial charge is 0.218 e. The normalized spacial score (nSPS) is 11.4. The summed E-state index contributed by atoms with van der Waals surface area (Å²) in [7, 11) is 3.35. The van der Waals surface area contributed by atoms with Crippen molar-refractivity contribution in [1.29, 1.82) is 0 Å². The summed E-state index contributed by atoms with van der Waals surface area (Å²) in [5.41, 5.74) is 7.29. The first kappa shape index (κ1) is 23.7. The fourth-order valence-corrected chi connectivity index (χ4v) is 4.59. The lowest BCUT2D eigenvalue weighted by atomic mass is 10.1. The lowest BCUT2D eigenvalue weighted by molar-refractivity contribution is 0.235. The molecule has 0 aliphatic rings. The molecule has 3 aromatic heterocycles. The second-order valence-electron chi connectivity index (χ2n) is 9.17. The molecule has 0 N–H and O–H groups in total. The van der Waals surface area contributed by atoms with Crippen molar-refractivity contribution in [2.75, 3.05) is 14.2 Å². The van der Waals surface area contributed by atoms with Gasteiger partial charge in [-0.2, -0.15) is 0 Å². The molecule has 0 amide bonds. The van der Waals surface area contributed by atoms with Crippen LogP contribution in [-0.4, -0.2) is 34.1 Å². The molecule has 0 aliphatic carbocycles. The zero-order valence-electron chi connectivity index (χ0n) is 21.2. The molecular formula is C30H30N4O2. The van der Waals surface area contributed by atoms with Crippen LogP contribution in [0, 0.1) is 13.8 Å². The molecule has 0 saturated heterocycles. The molecule has 0 aliphatic heterocycles. The summed E-state index contributed by atoms with van der Waals surface area (Å²) in [6, 6.07) is 22.9. The molecule has 5 aromatic rings. The Morgan fingerprint density at radius 3 is 1.69 bits per heavy atom. The maximum Gasteiger partial charge on any atom is 0.218 e. The molecular weight excluding hydrogens is 448 g/mol. The third-order valence-electron chi connectivity index (χ3n) is 6.31. The summed E-state index contributed by atoms with van der Waals surface area (Å²) in [4.78, 5) is 16.5. The Labute approximate surface area is 211 Å². The molecule has 0 spiro atoms. The lowest BCUT2D eigenvalue weighted by Gasteiger charge is -2.24. The van der Waals surface area contributed by atoms with Gasteiger partial charge in [-0.3, -0.25) is 9.88 Å². The minimum absolute atomic E-state index is 0.631. The second kappa shape index (κ2) is 10.3. The first-order chi connectivity index (χ1) is 17.5. The van der Waals surface area contributed by atoms with Gasteiger partial charge in [0.1, 0.15) is 0 Å². The molecule has 0 radical (unpaired) electrons. The second-order valence-corrected chi connectivity index (χ2v) is 9.17. The van der Waals surface area contributed by atoms with Crippen LogP contribution in [0.1, 0.15) is 27.9 Å². The molecule has 3 heterocycles. The van der Waals surface area contributed by atoms with Gasteiger partial charge in [-0.1, -0.05) is 29.3 Å². The van der Waals surface area contributed by atoms with E-state index in [0.29, 0.717) is 31.4 Å². The van der Waals surface area contributed by atoms with E-state index in [1.807, 2.05) is 36.5 Å². The fraction of sp³-hybridized carbons (Fsp3) is 0.233. The van der Waals surface area contributed by atoms with Crippen molar-refractivity contribution < 1.29 is 9.47 Å². The summed E-state index contributed by atoms with van der Waals surface area (Å²) < 4.78 is 11.4. The molecule has 0 saturated carbocycles. The van der Waals surface area contributed by atoms with Gasteiger partial charge in [0, 0.05) is 47.7 Å². The Morgan fingerprint density at radius 2 is 1.22 bits per heavy atom. The number of hydrogen-bond donors (Lipinski definition) is 0. The first-order valence-electron chi connectivity index (χ1n) is 12.0. The number of fused-ring (bicyclic) bond motifs is 2. The molecule has 182 valence electrons. The summed E-state index contributed by atoms with van der Waals surface area (Å²) in [6.45, 7) is 6.11. The van der Waals surface area contributed by atoms with Gasteiger partial charge < -0.3 is 9.47 Å². The number of benzene rings is 2. The van der Waals surface area contributed by atoms with Crippen LogP contribution in [0.2, 0.25) is 0 Å². The van der Waals surface area contributed by atoms with Crippen LogP contribution in [0.3, 0.4) is 0 Å². The largest absolute Gasteiger partial charge is 0.481 e. The number of aryl methyl sites for hydroxylation is 2. The first-order valence-corrected chi connectivity index (χ1v) is 12.0. The highest BCUT2D eigenvalue weighted by molar-refractivity contribution is 5.81. The zero-order valence-corrected chi connectivity index (χ0v) is 21.2. The molecule has 0 fully saturated rings. The van der Waals surface area contributed by atoms with Crippen LogP contribution in [0.15, 0.2) is 72.9 Å². The van der Waals surface area contributed by atoms with E-state index in [4.69, 9.17) is 19.4 Å². The maximum atomic E-state index is 5.71. The topological polar surface area (TPSA) is 60.4 Å². The monoisotopic (exact) mass is 478 g/mol. The summed E-state index contributed by atoms with van der Waals surface area (Å²) in [5.74, 6) is 1.27. The highest BCUT2D eigenvalue weighted by Gasteiger charge is 2.17. The van der Waals surface area contributed by atoms with Crippen LogP contribution >= 0.6 is 0 Å². The van der Waals surface area contributed by atoms with E-state index >= 15 is 0 Å². The van der Waals surface area contributed by atoms with E-state index in [2.05, 4.69) is 60.1 Å². The molecule has 6 nitrogen and oxygen atoms in total. The zero-order chi connectivity index (χ0) is 25.1. The van der Waals surface area contributed by atoms with Gasteiger partial charge in [0.25, 0.3) is 0 Å². The Bertz CT molecular complexity index is 1420. The fourth-order valence-electron chi connectivity index (χ4n) is 4.59. The van der Waals surface area contributed by atoms with Crippen molar-refractivity contribution in [1.82, 2.24) is 19.9 Å². The van der Waals surface area contributed by atoms with Crippen LogP contribution in [0.5, 0.6) is 11.8 Å². The Balaban J connectivity index is 1.55. The Hall–Kier alpha value is -4.03. The van der Waals surface area contributed by atoms with Gasteiger partial charge in [0.2, 0.25) is 11.8 Å². The van der Waals surface area contributed by atoms with Gasteiger partial charge in [-0.25, -0.2) is 9.97 Å². The predicted octanol–water partition coefficient (Wildman–Crippen LogP) is 6.01. The van der Waals surface area contributed by atoms with Crippen LogP contribution < -0.4 is 9.47 Å². The molecule has 2 aromatic carbocycles. The van der Waals surface area contributed by atoms with Crippen molar-refractivity contribution in [3.8, 4) is 11.8 Å². The van der Waals surface area contributed by atoms with E-state index < -0.39 is 0 Å². The number of ether oxygens (including phenoxy) is 2. The van der Waals surface area contributed by atoms with Crippen molar-refractivity contribution in [2.45, 2.75) is 33.5 Å². The van der Waals surface area contributed by atoms with Gasteiger partial charge in [0.05, 0.1) is 30.9 Å². The standard InChI is InChI=1S/C30H30N4O2/c1-20-8-10-27-22(13-20)15-24(29(32-27)35-3)17-34(19-26-7-5-6-12-31-26)18-25-16-23-14-21(2)9-11-28(23)33-30(25)36-4/h5-16H,17-19H2,1-4H3. The molecule has 0 bridgehead atoms. The van der Waals surface area contributed by atoms with E-state index in [0.717, 1.165) is 38.6 Å². The van der Waals surface area contributed by atoms with Crippen molar-refractivity contribution in [3.05, 3.63) is 101 Å². The molecule has 0 atom stereocenters. The number of rotatable bonds is 8. The average Bonchev–Trinajstić information content (AvgIpc) is 2.88. The molecule has 36 heavy (non-hydrogen) atoms. The Kier molecular flexibility index (Phi) is 6.78. The number of pyridine rings is 3. The van der Waals surface area contributed by atoms with Crippen molar-refractivity contribution in [2.24, 2.45) is 0 Å². The summed E-state index contributed by atoms with van der Waals surface area (Å²) in [6.07, 6.45) is 1.83. The van der Waals surface area contributed by atoms with Crippen molar-refractivity contribution >= 4 is 21.8 Å². The highest BCUT2D eigenvalue weighted by Crippen LogP contribution is 2.28. The number of hydrogen-bond acceptors (Lipinski definition) is 6. The quantitative estimate of drug-likeness (QED) is 0.272. The summed E-state index contributed by atoms with van der Waals surface area (Å²) >= 11 is 0. The third-order valence-corrected chi connectivity index (χ3v) is 6.31. The van der Waals surface area contributed by atoms with Crippen LogP contribution in [0.4, 0.5) is 0 Å². The minimum Gasteiger partial charge on any atom is -0.481 e. The van der Waals surface area contributed by atoms with Crippen LogP contribution in [-0.2, 0) is 19.6 Å². The van der Waals surface area contributed by atoms with Gasteiger partial charge in [-0.15, -0.1) is 0 Å². The maximum absolute atomic E-state index is 5.71. The SMILES string of the molecule is COc1nc2ccc(C)cc2cc1CN(Cc1ccccn1)Cc1cc2cc(C)ccc2nc1OC.